The fourth-order valence-electron chi connectivity index (χ4n) is 3.25. The molecule has 2 amide bonds. The SMILES string of the molecule is CC(C)(C)OC(=O)N1CCN(C(=O)C=Cc2ccc(Sc3ccc(Cl)cc3Cl)c([N+](=O)[O-])c2)CC1. The van der Waals surface area contributed by atoms with Gasteiger partial charge in [0.05, 0.1) is 14.8 Å². The third-order valence-electron chi connectivity index (χ3n) is 4.95. The molecular weight excluding hydrogens is 513 g/mol. The van der Waals surface area contributed by atoms with Crippen molar-refractivity contribution in [1.82, 2.24) is 9.80 Å². The Morgan fingerprint density at radius 1 is 1.03 bits per heavy atom. The molecule has 1 aliphatic rings. The molecular formula is C24H25Cl2N3O5S. The summed E-state index contributed by atoms with van der Waals surface area (Å²) in [4.78, 5) is 40.2. The summed E-state index contributed by atoms with van der Waals surface area (Å²) in [6.45, 7) is 6.91. The van der Waals surface area contributed by atoms with Gasteiger partial charge in [-0.3, -0.25) is 14.9 Å². The van der Waals surface area contributed by atoms with Gasteiger partial charge in [0.25, 0.3) is 5.69 Å². The van der Waals surface area contributed by atoms with Crippen LogP contribution < -0.4 is 0 Å². The van der Waals surface area contributed by atoms with Gasteiger partial charge in [-0.25, -0.2) is 4.79 Å². The first kappa shape index (κ1) is 26.8. The Bertz CT molecular complexity index is 1160. The van der Waals surface area contributed by atoms with E-state index in [4.69, 9.17) is 27.9 Å². The molecule has 35 heavy (non-hydrogen) atoms. The highest BCUT2D eigenvalue weighted by atomic mass is 35.5. The maximum atomic E-state index is 12.6. The van der Waals surface area contributed by atoms with Crippen LogP contribution in [0.3, 0.4) is 0 Å². The van der Waals surface area contributed by atoms with E-state index in [1.165, 1.54) is 23.9 Å². The van der Waals surface area contributed by atoms with Gasteiger partial charge in [0.2, 0.25) is 5.91 Å². The number of hydrogen-bond donors (Lipinski definition) is 0. The predicted molar refractivity (Wildman–Crippen MR) is 137 cm³/mol. The summed E-state index contributed by atoms with van der Waals surface area (Å²) >= 11 is 13.3. The van der Waals surface area contributed by atoms with E-state index < -0.39 is 16.6 Å². The van der Waals surface area contributed by atoms with Crippen LogP contribution in [0.4, 0.5) is 10.5 Å². The first-order valence-electron chi connectivity index (χ1n) is 10.8. The average molecular weight is 538 g/mol. The number of rotatable bonds is 5. The van der Waals surface area contributed by atoms with Gasteiger partial charge in [0, 0.05) is 48.2 Å². The van der Waals surface area contributed by atoms with Crippen molar-refractivity contribution in [2.24, 2.45) is 0 Å². The summed E-state index contributed by atoms with van der Waals surface area (Å²) in [5.41, 5.74) is -0.157. The highest BCUT2D eigenvalue weighted by Gasteiger charge is 2.27. The van der Waals surface area contributed by atoms with E-state index in [1.54, 1.807) is 67.0 Å². The maximum absolute atomic E-state index is 12.6. The van der Waals surface area contributed by atoms with Crippen molar-refractivity contribution in [2.45, 2.75) is 36.2 Å². The molecule has 0 spiro atoms. The lowest BCUT2D eigenvalue weighted by Crippen LogP contribution is -2.51. The molecule has 0 aromatic heterocycles. The Morgan fingerprint density at radius 2 is 1.66 bits per heavy atom. The number of nitro groups is 1. The van der Waals surface area contributed by atoms with Crippen molar-refractivity contribution < 1.29 is 19.2 Å². The highest BCUT2D eigenvalue weighted by Crippen LogP contribution is 2.39. The molecule has 0 bridgehead atoms. The van der Waals surface area contributed by atoms with Crippen LogP contribution in [0, 0.1) is 10.1 Å². The summed E-state index contributed by atoms with van der Waals surface area (Å²) in [6, 6.07) is 9.68. The Balaban J connectivity index is 1.64. The standard InChI is InChI=1S/C24H25Cl2N3O5S/c1-24(2,3)34-23(31)28-12-10-27(11-13-28)22(30)9-5-16-4-7-21(19(14-16)29(32)33)35-20-8-6-17(25)15-18(20)26/h4-9,14-15H,10-13H2,1-3H3. The van der Waals surface area contributed by atoms with Crippen LogP contribution >= 0.6 is 35.0 Å². The van der Waals surface area contributed by atoms with Crippen LogP contribution in [0.15, 0.2) is 52.3 Å². The third-order valence-corrected chi connectivity index (χ3v) is 6.76. The van der Waals surface area contributed by atoms with Crippen molar-refractivity contribution >= 4 is 58.7 Å². The zero-order valence-electron chi connectivity index (χ0n) is 19.5. The Morgan fingerprint density at radius 3 is 2.26 bits per heavy atom. The molecule has 0 radical (unpaired) electrons. The minimum Gasteiger partial charge on any atom is -0.444 e. The summed E-state index contributed by atoms with van der Waals surface area (Å²) in [6.07, 6.45) is 2.52. The summed E-state index contributed by atoms with van der Waals surface area (Å²) in [5.74, 6) is -0.233. The van der Waals surface area contributed by atoms with Crippen molar-refractivity contribution in [2.75, 3.05) is 26.2 Å². The summed E-state index contributed by atoms with van der Waals surface area (Å²) in [7, 11) is 0. The number of ether oxygens (including phenoxy) is 1. The number of hydrogen-bond acceptors (Lipinski definition) is 6. The molecule has 0 N–H and O–H groups in total. The van der Waals surface area contributed by atoms with Gasteiger partial charge in [-0.05, 0) is 56.7 Å². The lowest BCUT2D eigenvalue weighted by molar-refractivity contribution is -0.387. The average Bonchev–Trinajstić information content (AvgIpc) is 2.78. The number of carbonyl (C=O) groups is 2. The molecule has 186 valence electrons. The molecule has 2 aromatic carbocycles. The van der Waals surface area contributed by atoms with E-state index >= 15 is 0 Å². The van der Waals surface area contributed by atoms with Gasteiger partial charge in [-0.2, -0.15) is 0 Å². The first-order valence-corrected chi connectivity index (χ1v) is 12.4. The molecule has 11 heteroatoms. The number of halogens is 2. The fourth-order valence-corrected chi connectivity index (χ4v) is 4.68. The molecule has 8 nitrogen and oxygen atoms in total. The van der Waals surface area contributed by atoms with Gasteiger partial charge < -0.3 is 14.5 Å². The Labute approximate surface area is 218 Å². The Hall–Kier alpha value is -2.75. The minimum atomic E-state index is -0.579. The second kappa shape index (κ2) is 11.3. The van der Waals surface area contributed by atoms with Crippen molar-refractivity contribution in [1.29, 1.82) is 0 Å². The monoisotopic (exact) mass is 537 g/mol. The van der Waals surface area contributed by atoms with Gasteiger partial charge in [-0.1, -0.05) is 41.0 Å². The lowest BCUT2D eigenvalue weighted by Gasteiger charge is -2.35. The molecule has 1 aliphatic heterocycles. The minimum absolute atomic E-state index is 0.0957. The second-order valence-corrected chi connectivity index (χ2v) is 10.7. The van der Waals surface area contributed by atoms with Crippen molar-refractivity contribution in [3.8, 4) is 0 Å². The largest absolute Gasteiger partial charge is 0.444 e. The van der Waals surface area contributed by atoms with E-state index in [-0.39, 0.29) is 11.6 Å². The number of nitro benzene ring substituents is 1. The molecule has 2 aromatic rings. The van der Waals surface area contributed by atoms with Crippen LogP contribution in [-0.2, 0) is 9.53 Å². The quantitative estimate of drug-likeness (QED) is 0.258. The summed E-state index contributed by atoms with van der Waals surface area (Å²) < 4.78 is 5.37. The molecule has 0 saturated carbocycles. The molecule has 0 unspecified atom stereocenters. The Kier molecular flexibility index (Phi) is 8.69. The number of nitrogens with zero attached hydrogens (tertiary/aromatic N) is 3. The number of benzene rings is 2. The topological polar surface area (TPSA) is 93.0 Å². The van der Waals surface area contributed by atoms with Crippen molar-refractivity contribution in [3.63, 3.8) is 0 Å². The predicted octanol–water partition coefficient (Wildman–Crippen LogP) is 6.15. The number of carbonyl (C=O) groups excluding carboxylic acids is 2. The molecule has 1 fully saturated rings. The van der Waals surface area contributed by atoms with Crippen molar-refractivity contribution in [3.05, 3.63) is 68.2 Å². The van der Waals surface area contributed by atoms with E-state index in [2.05, 4.69) is 0 Å². The van der Waals surface area contributed by atoms with E-state index in [0.717, 1.165) is 0 Å². The van der Waals surface area contributed by atoms with E-state index in [1.807, 2.05) is 0 Å². The van der Waals surface area contributed by atoms with E-state index in [9.17, 15) is 19.7 Å². The number of amides is 2. The second-order valence-electron chi connectivity index (χ2n) is 8.79. The molecule has 3 rings (SSSR count). The van der Waals surface area contributed by atoms with Crippen LogP contribution in [0.1, 0.15) is 26.3 Å². The van der Waals surface area contributed by atoms with E-state index in [0.29, 0.717) is 51.6 Å². The van der Waals surface area contributed by atoms with Gasteiger partial charge >= 0.3 is 6.09 Å². The van der Waals surface area contributed by atoms with Gasteiger partial charge in [0.1, 0.15) is 5.60 Å². The number of piperazine rings is 1. The van der Waals surface area contributed by atoms with Crippen LogP contribution in [0.5, 0.6) is 0 Å². The van der Waals surface area contributed by atoms with Crippen LogP contribution in [0.2, 0.25) is 10.0 Å². The summed E-state index contributed by atoms with van der Waals surface area (Å²) in [5, 5.41) is 12.5. The molecule has 0 atom stereocenters. The zero-order chi connectivity index (χ0) is 25.8. The zero-order valence-corrected chi connectivity index (χ0v) is 21.8. The van der Waals surface area contributed by atoms with Gasteiger partial charge in [-0.15, -0.1) is 0 Å². The molecule has 1 saturated heterocycles. The smallest absolute Gasteiger partial charge is 0.410 e. The van der Waals surface area contributed by atoms with Crippen LogP contribution in [0.25, 0.3) is 6.08 Å². The fraction of sp³-hybridized carbons (Fsp3) is 0.333. The van der Waals surface area contributed by atoms with Gasteiger partial charge in [0.15, 0.2) is 0 Å². The third kappa shape index (κ3) is 7.62. The lowest BCUT2D eigenvalue weighted by atomic mass is 10.2. The molecule has 1 heterocycles. The maximum Gasteiger partial charge on any atom is 0.410 e. The normalized spacial score (nSPS) is 14.3. The molecule has 0 aliphatic carbocycles. The highest BCUT2D eigenvalue weighted by molar-refractivity contribution is 7.99. The van der Waals surface area contributed by atoms with Crippen LogP contribution in [-0.4, -0.2) is 58.5 Å². The first-order chi connectivity index (χ1) is 16.4.